The number of nitrogens with two attached hydrogens (primary N) is 1. The average Bonchev–Trinajstić information content (AvgIpc) is 2.49. The van der Waals surface area contributed by atoms with E-state index in [9.17, 15) is 4.79 Å². The molecule has 0 atom stereocenters. The molecule has 0 radical (unpaired) electrons. The monoisotopic (exact) mass is 304 g/mol. The van der Waals surface area contributed by atoms with Crippen molar-refractivity contribution < 1.29 is 9.53 Å². The van der Waals surface area contributed by atoms with Gasteiger partial charge in [-0.3, -0.25) is 4.79 Å². The Morgan fingerprint density at radius 2 is 2.00 bits per heavy atom. The van der Waals surface area contributed by atoms with E-state index in [1.54, 1.807) is 43.3 Å². The van der Waals surface area contributed by atoms with Gasteiger partial charge in [0.25, 0.3) is 5.91 Å². The van der Waals surface area contributed by atoms with Gasteiger partial charge in [-0.25, -0.2) is 0 Å². The van der Waals surface area contributed by atoms with Gasteiger partial charge in [0.05, 0.1) is 12.7 Å². The largest absolute Gasteiger partial charge is 0.497 e. The number of rotatable bonds is 4. The first-order chi connectivity index (χ1) is 10.0. The maximum Gasteiger partial charge on any atom is 0.256 e. The van der Waals surface area contributed by atoms with Gasteiger partial charge < -0.3 is 15.4 Å². The molecule has 2 aromatic rings. The van der Waals surface area contributed by atoms with Crippen molar-refractivity contribution in [3.05, 3.63) is 58.6 Å². The predicted molar refractivity (Wildman–Crippen MR) is 84.7 cm³/mol. The van der Waals surface area contributed by atoms with Crippen molar-refractivity contribution in [2.45, 2.75) is 6.54 Å². The molecule has 5 heteroatoms. The number of ether oxygens (including phenoxy) is 1. The molecule has 0 aliphatic heterocycles. The Morgan fingerprint density at radius 3 is 2.67 bits per heavy atom. The second-order valence-corrected chi connectivity index (χ2v) is 5.11. The summed E-state index contributed by atoms with van der Waals surface area (Å²) in [5.74, 6) is 0.421. The Bertz CT molecular complexity index is 658. The summed E-state index contributed by atoms with van der Waals surface area (Å²) in [6, 6.07) is 12.5. The first-order valence-electron chi connectivity index (χ1n) is 6.45. The Labute approximate surface area is 129 Å². The summed E-state index contributed by atoms with van der Waals surface area (Å²) in [6.45, 7) is 0.412. The summed E-state index contributed by atoms with van der Waals surface area (Å²) in [5, 5.41) is 0.635. The quantitative estimate of drug-likeness (QED) is 0.883. The normalized spacial score (nSPS) is 10.2. The molecule has 0 aliphatic rings. The Balaban J connectivity index is 2.22. The molecule has 0 bridgehead atoms. The topological polar surface area (TPSA) is 55.6 Å². The number of carbonyl (C=O) groups excluding carboxylic acids is 1. The van der Waals surface area contributed by atoms with Crippen molar-refractivity contribution in [2.75, 3.05) is 19.9 Å². The van der Waals surface area contributed by atoms with Gasteiger partial charge in [0, 0.05) is 24.3 Å². The van der Waals surface area contributed by atoms with Crippen LogP contribution in [-0.4, -0.2) is 25.0 Å². The van der Waals surface area contributed by atoms with E-state index >= 15 is 0 Å². The third-order valence-electron chi connectivity index (χ3n) is 3.20. The van der Waals surface area contributed by atoms with Gasteiger partial charge >= 0.3 is 0 Å². The summed E-state index contributed by atoms with van der Waals surface area (Å²) in [7, 11) is 3.26. The number of anilines is 1. The Morgan fingerprint density at radius 1 is 1.29 bits per heavy atom. The molecular formula is C16H17ClN2O2. The summed E-state index contributed by atoms with van der Waals surface area (Å²) in [6.07, 6.45) is 0. The van der Waals surface area contributed by atoms with E-state index in [2.05, 4.69) is 0 Å². The number of amides is 1. The van der Waals surface area contributed by atoms with Crippen LogP contribution in [0.15, 0.2) is 42.5 Å². The lowest BCUT2D eigenvalue weighted by molar-refractivity contribution is 0.0786. The highest BCUT2D eigenvalue weighted by atomic mass is 35.5. The number of hydrogen-bond acceptors (Lipinski definition) is 3. The van der Waals surface area contributed by atoms with E-state index in [0.717, 1.165) is 5.56 Å². The molecule has 0 fully saturated rings. The van der Waals surface area contributed by atoms with Gasteiger partial charge in [0.2, 0.25) is 0 Å². The van der Waals surface area contributed by atoms with Crippen LogP contribution < -0.4 is 10.5 Å². The summed E-state index contributed by atoms with van der Waals surface area (Å²) in [5.41, 5.74) is 7.61. The second-order valence-electron chi connectivity index (χ2n) is 4.71. The van der Waals surface area contributed by atoms with Crippen molar-refractivity contribution in [3.8, 4) is 5.75 Å². The van der Waals surface area contributed by atoms with Crippen LogP contribution >= 0.6 is 11.6 Å². The Kier molecular flexibility index (Phi) is 4.70. The van der Waals surface area contributed by atoms with Crippen LogP contribution in [0.3, 0.4) is 0 Å². The molecule has 0 spiro atoms. The number of halogens is 1. The number of nitrogens with zero attached hydrogens (tertiary/aromatic N) is 1. The molecule has 2 aromatic carbocycles. The van der Waals surface area contributed by atoms with Crippen molar-refractivity contribution in [1.82, 2.24) is 4.90 Å². The van der Waals surface area contributed by atoms with Gasteiger partial charge in [-0.15, -0.1) is 0 Å². The van der Waals surface area contributed by atoms with Crippen molar-refractivity contribution in [2.24, 2.45) is 0 Å². The molecule has 2 rings (SSSR count). The maximum absolute atomic E-state index is 12.5. The lowest BCUT2D eigenvalue weighted by Crippen LogP contribution is -2.27. The highest BCUT2D eigenvalue weighted by Crippen LogP contribution is 2.22. The van der Waals surface area contributed by atoms with Crippen molar-refractivity contribution >= 4 is 23.2 Å². The van der Waals surface area contributed by atoms with Crippen LogP contribution in [0, 0.1) is 0 Å². The van der Waals surface area contributed by atoms with Crippen molar-refractivity contribution in [3.63, 3.8) is 0 Å². The molecule has 0 unspecified atom stereocenters. The van der Waals surface area contributed by atoms with E-state index < -0.39 is 0 Å². The highest BCUT2D eigenvalue weighted by molar-refractivity contribution is 6.31. The predicted octanol–water partition coefficient (Wildman–Crippen LogP) is 3.20. The maximum atomic E-state index is 12.5. The van der Waals surface area contributed by atoms with E-state index in [1.807, 2.05) is 18.2 Å². The highest BCUT2D eigenvalue weighted by Gasteiger charge is 2.16. The molecular weight excluding hydrogens is 288 g/mol. The van der Waals surface area contributed by atoms with Gasteiger partial charge in [-0.05, 0) is 29.8 Å². The van der Waals surface area contributed by atoms with Gasteiger partial charge in [-0.1, -0.05) is 29.8 Å². The minimum Gasteiger partial charge on any atom is -0.497 e. The zero-order valence-electron chi connectivity index (χ0n) is 12.0. The minimum atomic E-state index is -0.175. The fourth-order valence-electron chi connectivity index (χ4n) is 2.01. The first-order valence-corrected chi connectivity index (χ1v) is 6.83. The lowest BCUT2D eigenvalue weighted by atomic mass is 10.1. The van der Waals surface area contributed by atoms with E-state index in [1.165, 1.54) is 0 Å². The van der Waals surface area contributed by atoms with Gasteiger partial charge in [0.1, 0.15) is 5.75 Å². The smallest absolute Gasteiger partial charge is 0.256 e. The third kappa shape index (κ3) is 3.47. The van der Waals surface area contributed by atoms with Gasteiger partial charge in [0.15, 0.2) is 0 Å². The van der Waals surface area contributed by atoms with E-state index in [0.29, 0.717) is 28.6 Å². The van der Waals surface area contributed by atoms with Crippen LogP contribution in [0.1, 0.15) is 15.9 Å². The average molecular weight is 305 g/mol. The molecule has 0 heterocycles. The summed E-state index contributed by atoms with van der Waals surface area (Å²) < 4.78 is 5.13. The van der Waals surface area contributed by atoms with Gasteiger partial charge in [-0.2, -0.15) is 0 Å². The van der Waals surface area contributed by atoms with E-state index in [-0.39, 0.29) is 5.91 Å². The molecule has 0 aromatic heterocycles. The van der Waals surface area contributed by atoms with E-state index in [4.69, 9.17) is 22.1 Å². The standard InChI is InChI=1S/C16H17ClN2O2/c1-19(10-11-5-3-4-6-14(11)17)16(20)13-9-12(21-2)7-8-15(13)18/h3-9H,10,18H2,1-2H3. The zero-order valence-corrected chi connectivity index (χ0v) is 12.7. The van der Waals surface area contributed by atoms with Crippen molar-refractivity contribution in [1.29, 1.82) is 0 Å². The molecule has 0 aliphatic carbocycles. The molecule has 0 saturated carbocycles. The van der Waals surface area contributed by atoms with Crippen LogP contribution in [0.5, 0.6) is 5.75 Å². The molecule has 110 valence electrons. The van der Waals surface area contributed by atoms with Crippen LogP contribution in [0.25, 0.3) is 0 Å². The molecule has 1 amide bonds. The molecule has 2 N–H and O–H groups in total. The number of benzene rings is 2. The number of methoxy groups -OCH3 is 1. The summed E-state index contributed by atoms with van der Waals surface area (Å²) >= 11 is 6.12. The Hall–Kier alpha value is -2.20. The zero-order chi connectivity index (χ0) is 15.4. The lowest BCUT2D eigenvalue weighted by Gasteiger charge is -2.19. The van der Waals surface area contributed by atoms with Crippen LogP contribution in [0.2, 0.25) is 5.02 Å². The molecule has 0 saturated heterocycles. The first kappa shape index (κ1) is 15.2. The third-order valence-corrected chi connectivity index (χ3v) is 3.57. The summed E-state index contributed by atoms with van der Waals surface area (Å²) in [4.78, 5) is 14.1. The van der Waals surface area contributed by atoms with Crippen LogP contribution in [0.4, 0.5) is 5.69 Å². The molecule has 4 nitrogen and oxygen atoms in total. The fraction of sp³-hybridized carbons (Fsp3) is 0.188. The minimum absolute atomic E-state index is 0.175. The van der Waals surface area contributed by atoms with Crippen LogP contribution in [-0.2, 0) is 6.54 Å². The molecule has 21 heavy (non-hydrogen) atoms. The fourth-order valence-corrected chi connectivity index (χ4v) is 2.20. The number of carbonyl (C=O) groups is 1. The SMILES string of the molecule is COc1ccc(N)c(C(=O)N(C)Cc2ccccc2Cl)c1. The number of hydrogen-bond donors (Lipinski definition) is 1. The number of nitrogen functional groups attached to an aromatic ring is 1. The second kappa shape index (κ2) is 6.50.